The Morgan fingerprint density at radius 2 is 1.18 bits per heavy atom. The molecule has 0 atom stereocenters. The monoisotopic (exact) mass is 340 g/mol. The van der Waals surface area contributed by atoms with Crippen LogP contribution in [0.5, 0.6) is 0 Å². The molecule has 8 heteroatoms. The molecular weight excluding hydrogens is 331 g/mol. The van der Waals surface area contributed by atoms with Crippen molar-refractivity contribution < 1.29 is 19.2 Å². The van der Waals surface area contributed by atoms with Crippen LogP contribution in [0, 0.1) is 0 Å². The Morgan fingerprint density at radius 1 is 0.773 bits per heavy atom. The smallest absolute Gasteiger partial charge is 0.261 e. The van der Waals surface area contributed by atoms with Gasteiger partial charge in [-0.25, -0.2) is 0 Å². The van der Waals surface area contributed by atoms with Crippen molar-refractivity contribution in [3.05, 3.63) is 33.3 Å². The zero-order valence-corrected chi connectivity index (χ0v) is 12.8. The average molecular weight is 341 g/mol. The van der Waals surface area contributed by atoms with Gasteiger partial charge in [0.2, 0.25) is 11.8 Å². The summed E-state index contributed by atoms with van der Waals surface area (Å²) < 4.78 is 0. The van der Waals surface area contributed by atoms with Gasteiger partial charge in [0.05, 0.1) is 21.2 Å². The molecule has 0 spiro atoms. The molecule has 2 heterocycles. The molecule has 0 aliphatic carbocycles. The van der Waals surface area contributed by atoms with Crippen molar-refractivity contribution in [1.29, 1.82) is 0 Å². The standard InChI is InChI=1S/C14H10Cl2N2O4/c15-9-5-7-8(6-10(9)16)14(22)18(13(7)21)4-3-17-11(19)1-2-12(17)20/h5-6H,1-4H2. The Bertz CT molecular complexity index is 675. The Hall–Kier alpha value is -1.92. The lowest BCUT2D eigenvalue weighted by molar-refractivity contribution is -0.138. The number of carbonyl (C=O) groups excluding carboxylic acids is 4. The van der Waals surface area contributed by atoms with Crippen LogP contribution in [-0.2, 0) is 9.59 Å². The fourth-order valence-corrected chi connectivity index (χ4v) is 2.89. The number of benzene rings is 1. The maximum absolute atomic E-state index is 12.3. The Morgan fingerprint density at radius 3 is 1.64 bits per heavy atom. The molecule has 1 saturated heterocycles. The van der Waals surface area contributed by atoms with E-state index in [-0.39, 0.29) is 58.9 Å². The van der Waals surface area contributed by atoms with E-state index in [2.05, 4.69) is 0 Å². The van der Waals surface area contributed by atoms with Crippen molar-refractivity contribution in [3.8, 4) is 0 Å². The molecule has 1 aromatic carbocycles. The van der Waals surface area contributed by atoms with Gasteiger partial charge in [0.1, 0.15) is 0 Å². The Kier molecular flexibility index (Phi) is 3.66. The van der Waals surface area contributed by atoms with Gasteiger partial charge in [-0.05, 0) is 12.1 Å². The number of nitrogens with zero attached hydrogens (tertiary/aromatic N) is 2. The molecule has 6 nitrogen and oxygen atoms in total. The van der Waals surface area contributed by atoms with Crippen molar-refractivity contribution in [2.24, 2.45) is 0 Å². The second-order valence-corrected chi connectivity index (χ2v) is 5.83. The van der Waals surface area contributed by atoms with Gasteiger partial charge in [-0.1, -0.05) is 23.2 Å². The highest BCUT2D eigenvalue weighted by Gasteiger charge is 2.37. The summed E-state index contributed by atoms with van der Waals surface area (Å²) >= 11 is 11.7. The molecule has 2 aliphatic rings. The van der Waals surface area contributed by atoms with Crippen LogP contribution in [0.3, 0.4) is 0 Å². The second-order valence-electron chi connectivity index (χ2n) is 5.01. The van der Waals surface area contributed by atoms with E-state index in [0.29, 0.717) is 0 Å². The summed E-state index contributed by atoms with van der Waals surface area (Å²) in [6.45, 7) is -0.0380. The van der Waals surface area contributed by atoms with Gasteiger partial charge in [-0.15, -0.1) is 0 Å². The maximum atomic E-state index is 12.3. The summed E-state index contributed by atoms with van der Waals surface area (Å²) in [4.78, 5) is 49.7. The third kappa shape index (κ3) is 2.28. The van der Waals surface area contributed by atoms with Crippen LogP contribution < -0.4 is 0 Å². The summed E-state index contributed by atoms with van der Waals surface area (Å²) in [5, 5.41) is 0.377. The van der Waals surface area contributed by atoms with Gasteiger partial charge in [-0.2, -0.15) is 0 Å². The van der Waals surface area contributed by atoms with Gasteiger partial charge in [0.25, 0.3) is 11.8 Å². The molecule has 0 unspecified atom stereocenters. The minimum Gasteiger partial charge on any atom is -0.281 e. The van der Waals surface area contributed by atoms with Crippen molar-refractivity contribution in [2.75, 3.05) is 13.1 Å². The summed E-state index contributed by atoms with van der Waals surface area (Å²) in [6, 6.07) is 2.71. The highest BCUT2D eigenvalue weighted by molar-refractivity contribution is 6.43. The first-order valence-electron chi connectivity index (χ1n) is 6.58. The van der Waals surface area contributed by atoms with E-state index in [1.165, 1.54) is 12.1 Å². The van der Waals surface area contributed by atoms with Gasteiger partial charge >= 0.3 is 0 Å². The number of fused-ring (bicyclic) bond motifs is 1. The first-order valence-corrected chi connectivity index (χ1v) is 7.34. The quantitative estimate of drug-likeness (QED) is 0.785. The molecule has 4 amide bonds. The van der Waals surface area contributed by atoms with Gasteiger partial charge in [0.15, 0.2) is 0 Å². The third-order valence-corrected chi connectivity index (χ3v) is 4.44. The molecule has 0 saturated carbocycles. The number of likely N-dealkylation sites (tertiary alicyclic amines) is 1. The predicted molar refractivity (Wildman–Crippen MR) is 77.8 cm³/mol. The zero-order valence-electron chi connectivity index (χ0n) is 11.3. The first-order chi connectivity index (χ1) is 10.4. The summed E-state index contributed by atoms with van der Waals surface area (Å²) in [7, 11) is 0. The lowest BCUT2D eigenvalue weighted by Gasteiger charge is -2.18. The number of carbonyl (C=O) groups is 4. The minimum atomic E-state index is -0.502. The average Bonchev–Trinajstić information content (AvgIpc) is 2.90. The summed E-state index contributed by atoms with van der Waals surface area (Å²) in [5.41, 5.74) is 0.358. The second kappa shape index (κ2) is 5.37. The number of imide groups is 2. The van der Waals surface area contributed by atoms with Crippen LogP contribution >= 0.6 is 23.2 Å². The molecule has 0 radical (unpaired) electrons. The van der Waals surface area contributed by atoms with E-state index in [0.717, 1.165) is 9.80 Å². The first kappa shape index (κ1) is 15.0. The van der Waals surface area contributed by atoms with Crippen molar-refractivity contribution >= 4 is 46.8 Å². The molecule has 3 rings (SSSR count). The molecule has 1 fully saturated rings. The van der Waals surface area contributed by atoms with Gasteiger partial charge in [-0.3, -0.25) is 29.0 Å². The molecular formula is C14H10Cl2N2O4. The third-order valence-electron chi connectivity index (χ3n) is 3.71. The van der Waals surface area contributed by atoms with E-state index in [1.54, 1.807) is 0 Å². The molecule has 0 N–H and O–H groups in total. The van der Waals surface area contributed by atoms with E-state index in [1.807, 2.05) is 0 Å². The van der Waals surface area contributed by atoms with E-state index < -0.39 is 11.8 Å². The van der Waals surface area contributed by atoms with Crippen LogP contribution in [-0.4, -0.2) is 46.5 Å². The molecule has 22 heavy (non-hydrogen) atoms. The number of hydrogen-bond acceptors (Lipinski definition) is 4. The molecule has 2 aliphatic heterocycles. The van der Waals surface area contributed by atoms with Crippen LogP contribution in [0.25, 0.3) is 0 Å². The lowest BCUT2D eigenvalue weighted by Crippen LogP contribution is -2.40. The fourth-order valence-electron chi connectivity index (χ4n) is 2.56. The van der Waals surface area contributed by atoms with E-state index in [9.17, 15) is 19.2 Å². The summed E-state index contributed by atoms with van der Waals surface area (Å²) in [5.74, 6) is -1.57. The van der Waals surface area contributed by atoms with Gasteiger partial charge < -0.3 is 0 Å². The van der Waals surface area contributed by atoms with Crippen LogP contribution in [0.15, 0.2) is 12.1 Å². The van der Waals surface area contributed by atoms with Crippen LogP contribution in [0.1, 0.15) is 33.6 Å². The highest BCUT2D eigenvalue weighted by Crippen LogP contribution is 2.31. The lowest BCUT2D eigenvalue weighted by atomic mass is 10.1. The largest absolute Gasteiger partial charge is 0.281 e. The molecule has 0 bridgehead atoms. The van der Waals surface area contributed by atoms with E-state index >= 15 is 0 Å². The molecule has 0 aromatic heterocycles. The topological polar surface area (TPSA) is 74.8 Å². The minimum absolute atomic E-state index is 0.00456. The number of hydrogen-bond donors (Lipinski definition) is 0. The predicted octanol–water partition coefficient (Wildman–Crippen LogP) is 1.74. The summed E-state index contributed by atoms with van der Waals surface area (Å²) in [6.07, 6.45) is 0.346. The fraction of sp³-hybridized carbons (Fsp3) is 0.286. The number of halogens is 2. The number of rotatable bonds is 3. The van der Waals surface area contributed by atoms with Crippen LogP contribution in [0.4, 0.5) is 0 Å². The maximum Gasteiger partial charge on any atom is 0.261 e. The highest BCUT2D eigenvalue weighted by atomic mass is 35.5. The van der Waals surface area contributed by atoms with E-state index in [4.69, 9.17) is 23.2 Å². The number of amides is 4. The molecule has 114 valence electrons. The zero-order chi connectivity index (χ0) is 16.0. The van der Waals surface area contributed by atoms with Crippen molar-refractivity contribution in [3.63, 3.8) is 0 Å². The van der Waals surface area contributed by atoms with Crippen LogP contribution in [0.2, 0.25) is 10.0 Å². The Labute approximate surface area is 135 Å². The normalized spacial score (nSPS) is 17.7. The SMILES string of the molecule is O=C1CCC(=O)N1CCN1C(=O)c2cc(Cl)c(Cl)cc2C1=O. The molecule has 1 aromatic rings. The van der Waals surface area contributed by atoms with Crippen molar-refractivity contribution in [2.45, 2.75) is 12.8 Å². The Balaban J connectivity index is 1.79. The van der Waals surface area contributed by atoms with Crippen molar-refractivity contribution in [1.82, 2.24) is 9.80 Å². The van der Waals surface area contributed by atoms with Gasteiger partial charge in [0, 0.05) is 25.9 Å².